The molecule has 0 saturated carbocycles. The van der Waals surface area contributed by atoms with Crippen molar-refractivity contribution in [2.24, 2.45) is 0 Å². The molecule has 0 aliphatic carbocycles. The maximum atomic E-state index is 13.0. The second-order valence-corrected chi connectivity index (χ2v) is 7.91. The van der Waals surface area contributed by atoms with Gasteiger partial charge in [0.05, 0.1) is 27.8 Å². The minimum Gasteiger partial charge on any atom is -0.465 e. The minimum absolute atomic E-state index is 0.0119. The molecule has 0 radical (unpaired) electrons. The minimum atomic E-state index is -0.632. The number of nitrogens with zero attached hydrogens (tertiary/aromatic N) is 2. The van der Waals surface area contributed by atoms with Crippen molar-refractivity contribution in [2.75, 3.05) is 12.4 Å². The zero-order chi connectivity index (χ0) is 23.0. The van der Waals surface area contributed by atoms with Gasteiger partial charge in [-0.15, -0.1) is 11.3 Å². The van der Waals surface area contributed by atoms with Crippen molar-refractivity contribution in [2.45, 2.75) is 13.8 Å². The van der Waals surface area contributed by atoms with Crippen molar-refractivity contribution in [3.05, 3.63) is 75.0 Å². The number of thiazole rings is 1. The van der Waals surface area contributed by atoms with E-state index in [0.29, 0.717) is 10.6 Å². The van der Waals surface area contributed by atoms with Crippen molar-refractivity contribution >= 4 is 45.0 Å². The van der Waals surface area contributed by atoms with Gasteiger partial charge in [0.25, 0.3) is 11.6 Å². The van der Waals surface area contributed by atoms with E-state index in [-0.39, 0.29) is 34.0 Å². The van der Waals surface area contributed by atoms with Crippen LogP contribution < -0.4 is 5.32 Å². The highest BCUT2D eigenvalue weighted by Crippen LogP contribution is 2.41. The highest BCUT2D eigenvalue weighted by atomic mass is 32.1. The molecule has 0 saturated heterocycles. The average molecular weight is 451 g/mol. The predicted molar refractivity (Wildman–Crippen MR) is 119 cm³/mol. The number of nitro benzene ring substituents is 1. The van der Waals surface area contributed by atoms with Gasteiger partial charge < -0.3 is 9.15 Å². The Hall–Kier alpha value is -4.05. The molecule has 0 bridgehead atoms. The molecule has 10 heteroatoms. The molecular weight excluding hydrogens is 434 g/mol. The van der Waals surface area contributed by atoms with Crippen molar-refractivity contribution in [3.63, 3.8) is 0 Å². The van der Waals surface area contributed by atoms with Gasteiger partial charge in [0.2, 0.25) is 5.88 Å². The first-order valence-corrected chi connectivity index (χ1v) is 10.3. The van der Waals surface area contributed by atoms with Crippen LogP contribution in [0.3, 0.4) is 0 Å². The number of para-hydroxylation sites is 1. The van der Waals surface area contributed by atoms with Crippen molar-refractivity contribution < 1.29 is 23.7 Å². The number of methoxy groups -OCH3 is 1. The molecule has 0 aliphatic rings. The molecule has 9 nitrogen and oxygen atoms in total. The number of rotatable bonds is 5. The maximum Gasteiger partial charge on any atom is 0.342 e. The Morgan fingerprint density at radius 3 is 2.59 bits per heavy atom. The summed E-state index contributed by atoms with van der Waals surface area (Å²) in [6.45, 7) is 3.08. The third kappa shape index (κ3) is 3.60. The lowest BCUT2D eigenvalue weighted by Crippen LogP contribution is -2.14. The SMILES string of the molecule is COC(=O)c1c(C)oc(NC(=O)c2cccc([N+](=O)[O-])c2C)c1-c1nc2ccccc2s1. The second-order valence-electron chi connectivity index (χ2n) is 6.88. The van der Waals surface area contributed by atoms with Gasteiger partial charge in [-0.25, -0.2) is 9.78 Å². The third-order valence-corrected chi connectivity index (χ3v) is 6.01. The Kier molecular flexibility index (Phi) is 5.45. The second kappa shape index (κ2) is 8.23. The van der Waals surface area contributed by atoms with Crippen LogP contribution in [0.5, 0.6) is 0 Å². The van der Waals surface area contributed by atoms with Gasteiger partial charge in [0.15, 0.2) is 0 Å². The van der Waals surface area contributed by atoms with Crippen molar-refractivity contribution in [1.29, 1.82) is 0 Å². The van der Waals surface area contributed by atoms with Crippen LogP contribution in [0.25, 0.3) is 20.8 Å². The van der Waals surface area contributed by atoms with E-state index in [2.05, 4.69) is 10.3 Å². The van der Waals surface area contributed by atoms with Crippen molar-refractivity contribution in [1.82, 2.24) is 4.98 Å². The van der Waals surface area contributed by atoms with Gasteiger partial charge in [0.1, 0.15) is 16.3 Å². The molecule has 1 N–H and O–H groups in total. The zero-order valence-corrected chi connectivity index (χ0v) is 18.1. The fourth-order valence-electron chi connectivity index (χ4n) is 3.40. The summed E-state index contributed by atoms with van der Waals surface area (Å²) in [5, 5.41) is 14.3. The number of carbonyl (C=O) groups is 2. The first-order valence-electron chi connectivity index (χ1n) is 9.44. The smallest absolute Gasteiger partial charge is 0.342 e. The Bertz CT molecular complexity index is 1350. The van der Waals surface area contributed by atoms with Crippen LogP contribution in [0.15, 0.2) is 46.9 Å². The molecule has 162 valence electrons. The number of anilines is 1. The number of furan rings is 1. The number of benzene rings is 2. The van der Waals surface area contributed by atoms with E-state index in [1.807, 2.05) is 24.3 Å². The van der Waals surface area contributed by atoms with Gasteiger partial charge in [0, 0.05) is 17.2 Å². The number of amides is 1. The number of aryl methyl sites for hydroxylation is 1. The first kappa shape index (κ1) is 21.2. The number of fused-ring (bicyclic) bond motifs is 1. The molecule has 0 unspecified atom stereocenters. The summed E-state index contributed by atoms with van der Waals surface area (Å²) >= 11 is 1.33. The molecule has 0 atom stereocenters. The number of hydrogen-bond donors (Lipinski definition) is 1. The Balaban J connectivity index is 1.83. The van der Waals surface area contributed by atoms with Gasteiger partial charge in [-0.3, -0.25) is 20.2 Å². The van der Waals surface area contributed by atoms with E-state index < -0.39 is 16.8 Å². The summed E-state index contributed by atoms with van der Waals surface area (Å²) < 4.78 is 11.5. The molecule has 4 rings (SSSR count). The van der Waals surface area contributed by atoms with Crippen molar-refractivity contribution in [3.8, 4) is 10.6 Å². The highest BCUT2D eigenvalue weighted by molar-refractivity contribution is 7.21. The number of ether oxygens (including phenoxy) is 1. The summed E-state index contributed by atoms with van der Waals surface area (Å²) in [5.74, 6) is -0.985. The highest BCUT2D eigenvalue weighted by Gasteiger charge is 2.29. The van der Waals surface area contributed by atoms with Crippen LogP contribution in [0.2, 0.25) is 0 Å². The molecule has 2 aromatic carbocycles. The summed E-state index contributed by atoms with van der Waals surface area (Å²) in [5.41, 5.74) is 1.34. The lowest BCUT2D eigenvalue weighted by Gasteiger charge is -2.07. The fraction of sp³-hybridized carbons (Fsp3) is 0.136. The number of nitrogens with one attached hydrogen (secondary N) is 1. The quantitative estimate of drug-likeness (QED) is 0.254. The molecule has 1 amide bonds. The topological polar surface area (TPSA) is 125 Å². The number of aromatic nitrogens is 1. The monoisotopic (exact) mass is 451 g/mol. The maximum absolute atomic E-state index is 13.0. The Morgan fingerprint density at radius 2 is 1.91 bits per heavy atom. The van der Waals surface area contributed by atoms with Crippen LogP contribution in [-0.2, 0) is 4.74 Å². The Morgan fingerprint density at radius 1 is 1.16 bits per heavy atom. The number of hydrogen-bond acceptors (Lipinski definition) is 8. The first-order chi connectivity index (χ1) is 15.3. The van der Waals surface area contributed by atoms with Gasteiger partial charge >= 0.3 is 5.97 Å². The third-order valence-electron chi connectivity index (χ3n) is 4.96. The lowest BCUT2D eigenvalue weighted by atomic mass is 10.1. The standard InChI is InChI=1S/C22H17N3O6S/c1-11-13(7-6-9-15(11)25(28)29)19(26)24-20-18(17(12(2)31-20)22(27)30-3)21-23-14-8-4-5-10-16(14)32-21/h4-10H,1-3H3,(H,24,26). The van der Waals surface area contributed by atoms with E-state index in [1.54, 1.807) is 6.92 Å². The fourth-order valence-corrected chi connectivity index (χ4v) is 4.42. The summed E-state index contributed by atoms with van der Waals surface area (Å²) in [6.07, 6.45) is 0. The molecule has 2 heterocycles. The van der Waals surface area contributed by atoms with Crippen LogP contribution in [0.4, 0.5) is 11.6 Å². The predicted octanol–water partition coefficient (Wildman–Crippen LogP) is 5.12. The average Bonchev–Trinajstić information content (AvgIpc) is 3.33. The molecule has 2 aromatic heterocycles. The van der Waals surface area contributed by atoms with Crippen LogP contribution in [0, 0.1) is 24.0 Å². The summed E-state index contributed by atoms with van der Waals surface area (Å²) in [4.78, 5) is 40.8. The molecule has 0 aliphatic heterocycles. The number of nitro groups is 1. The largest absolute Gasteiger partial charge is 0.465 e. The molecule has 4 aromatic rings. The van der Waals surface area contributed by atoms with E-state index in [9.17, 15) is 19.7 Å². The zero-order valence-electron chi connectivity index (χ0n) is 17.3. The molecule has 0 spiro atoms. The van der Waals surface area contributed by atoms with E-state index in [0.717, 1.165) is 10.2 Å². The van der Waals surface area contributed by atoms with Gasteiger partial charge in [-0.2, -0.15) is 0 Å². The van der Waals surface area contributed by atoms with Crippen LogP contribution >= 0.6 is 11.3 Å². The Labute approximate surface area is 185 Å². The lowest BCUT2D eigenvalue weighted by molar-refractivity contribution is -0.385. The molecule has 0 fully saturated rings. The molecular formula is C22H17N3O6S. The number of carbonyl (C=O) groups excluding carboxylic acids is 2. The van der Waals surface area contributed by atoms with Gasteiger partial charge in [-0.1, -0.05) is 18.2 Å². The van der Waals surface area contributed by atoms with Crippen LogP contribution in [-0.4, -0.2) is 28.9 Å². The number of esters is 1. The van der Waals surface area contributed by atoms with E-state index in [1.165, 1.54) is 43.6 Å². The van der Waals surface area contributed by atoms with E-state index in [4.69, 9.17) is 9.15 Å². The summed E-state index contributed by atoms with van der Waals surface area (Å²) in [7, 11) is 1.25. The van der Waals surface area contributed by atoms with Gasteiger partial charge in [-0.05, 0) is 32.0 Å². The van der Waals surface area contributed by atoms with E-state index >= 15 is 0 Å². The normalized spacial score (nSPS) is 10.8. The van der Waals surface area contributed by atoms with Crippen LogP contribution in [0.1, 0.15) is 32.0 Å². The summed E-state index contributed by atoms with van der Waals surface area (Å²) in [6, 6.07) is 11.7. The molecule has 32 heavy (non-hydrogen) atoms.